The summed E-state index contributed by atoms with van der Waals surface area (Å²) in [6, 6.07) is 0.0949. The van der Waals surface area contributed by atoms with Gasteiger partial charge in [0, 0.05) is 19.1 Å². The van der Waals surface area contributed by atoms with Crippen LogP contribution >= 0.6 is 0 Å². The molecule has 1 aliphatic heterocycles. The minimum absolute atomic E-state index is 0.0591. The topological polar surface area (TPSA) is 113 Å². The molecule has 0 aliphatic carbocycles. The van der Waals surface area contributed by atoms with Gasteiger partial charge in [-0.1, -0.05) is 5.92 Å². The largest absolute Gasteiger partial charge is 0.341 e. The Balaban J connectivity index is 2.05. The molecule has 0 radical (unpaired) electrons. The lowest BCUT2D eigenvalue weighted by Gasteiger charge is -2.30. The van der Waals surface area contributed by atoms with Crippen molar-refractivity contribution in [1.82, 2.24) is 19.5 Å². The van der Waals surface area contributed by atoms with E-state index in [0.717, 1.165) is 24.0 Å². The monoisotopic (exact) mass is 302 g/mol. The molecule has 4 N–H and O–H groups in total. The number of hydrogen-bond donors (Lipinski definition) is 3. The van der Waals surface area contributed by atoms with Gasteiger partial charge in [0.05, 0.1) is 6.54 Å². The second kappa shape index (κ2) is 5.69. The predicted molar refractivity (Wildman–Crippen MR) is 83.8 cm³/mol. The molecule has 0 bridgehead atoms. The zero-order chi connectivity index (χ0) is 15.7. The molecule has 3 rings (SSSR count). The average Bonchev–Trinajstić information content (AvgIpc) is 2.91. The van der Waals surface area contributed by atoms with Gasteiger partial charge in [-0.05, 0) is 19.8 Å². The molecule has 8 nitrogen and oxygen atoms in total. The maximum Gasteiger partial charge on any atom is 0.330 e. The van der Waals surface area contributed by atoms with Crippen LogP contribution in [0.25, 0.3) is 11.2 Å². The fourth-order valence-electron chi connectivity index (χ4n) is 2.66. The highest BCUT2D eigenvalue weighted by atomic mass is 16.2. The van der Waals surface area contributed by atoms with Crippen molar-refractivity contribution in [2.75, 3.05) is 18.0 Å². The number of piperidine rings is 1. The van der Waals surface area contributed by atoms with Crippen LogP contribution in [0.3, 0.4) is 0 Å². The molecule has 1 aliphatic rings. The summed E-state index contributed by atoms with van der Waals surface area (Å²) in [5, 5.41) is 0. The first-order valence-corrected chi connectivity index (χ1v) is 7.23. The van der Waals surface area contributed by atoms with Gasteiger partial charge in [-0.3, -0.25) is 9.78 Å². The van der Waals surface area contributed by atoms with Crippen molar-refractivity contribution in [2.24, 2.45) is 5.73 Å². The summed E-state index contributed by atoms with van der Waals surface area (Å²) in [6.07, 6.45) is 1.96. The standard InChI is InChI=1S/C14H18N6O2/c1-2-3-7-20-12(21)10-11(18-14(20)22)17-13(16-10)19-6-4-5-9(15)8-19/h9H,4-8,15H2,1H3,(H,16,17)(H,18,22)/t9-/m1/s1. The number of fused-ring (bicyclic) bond motifs is 1. The van der Waals surface area contributed by atoms with E-state index < -0.39 is 11.2 Å². The van der Waals surface area contributed by atoms with E-state index in [1.165, 1.54) is 0 Å². The Bertz CT molecular complexity index is 865. The number of aromatic amines is 2. The number of nitrogens with zero attached hydrogens (tertiary/aromatic N) is 3. The molecule has 0 amide bonds. The van der Waals surface area contributed by atoms with Crippen LogP contribution in [0.2, 0.25) is 0 Å². The Morgan fingerprint density at radius 1 is 1.41 bits per heavy atom. The van der Waals surface area contributed by atoms with Gasteiger partial charge in [0.2, 0.25) is 5.95 Å². The van der Waals surface area contributed by atoms with Crippen molar-refractivity contribution in [1.29, 1.82) is 0 Å². The van der Waals surface area contributed by atoms with E-state index in [0.29, 0.717) is 12.5 Å². The maximum atomic E-state index is 12.4. The van der Waals surface area contributed by atoms with Gasteiger partial charge in [-0.2, -0.15) is 4.98 Å². The van der Waals surface area contributed by atoms with Crippen LogP contribution in [0.15, 0.2) is 9.59 Å². The van der Waals surface area contributed by atoms with Crippen LogP contribution in [-0.4, -0.2) is 38.7 Å². The molecule has 22 heavy (non-hydrogen) atoms. The lowest BCUT2D eigenvalue weighted by molar-refractivity contribution is 0.501. The lowest BCUT2D eigenvalue weighted by Crippen LogP contribution is -2.43. The van der Waals surface area contributed by atoms with Crippen LogP contribution in [0, 0.1) is 11.8 Å². The molecular formula is C14H18N6O2. The number of rotatable bonds is 2. The van der Waals surface area contributed by atoms with Gasteiger partial charge >= 0.3 is 5.69 Å². The summed E-state index contributed by atoms with van der Waals surface area (Å²) >= 11 is 0. The van der Waals surface area contributed by atoms with Crippen molar-refractivity contribution in [3.8, 4) is 11.8 Å². The van der Waals surface area contributed by atoms with Crippen LogP contribution in [-0.2, 0) is 6.54 Å². The van der Waals surface area contributed by atoms with Gasteiger partial charge < -0.3 is 15.6 Å². The molecule has 2 aromatic heterocycles. The highest BCUT2D eigenvalue weighted by Crippen LogP contribution is 2.17. The highest BCUT2D eigenvalue weighted by Gasteiger charge is 2.21. The van der Waals surface area contributed by atoms with E-state index in [-0.39, 0.29) is 23.8 Å². The molecule has 0 saturated carbocycles. The first-order valence-electron chi connectivity index (χ1n) is 7.23. The lowest BCUT2D eigenvalue weighted by atomic mass is 10.1. The van der Waals surface area contributed by atoms with Crippen LogP contribution in [0.5, 0.6) is 0 Å². The molecule has 3 heterocycles. The molecule has 1 fully saturated rings. The summed E-state index contributed by atoms with van der Waals surface area (Å²) in [4.78, 5) is 36.3. The van der Waals surface area contributed by atoms with Crippen molar-refractivity contribution in [3.63, 3.8) is 0 Å². The second-order valence-corrected chi connectivity index (χ2v) is 5.38. The van der Waals surface area contributed by atoms with Gasteiger partial charge in [0.25, 0.3) is 5.56 Å². The first-order chi connectivity index (χ1) is 10.6. The number of nitrogens with one attached hydrogen (secondary N) is 2. The quantitative estimate of drug-likeness (QED) is 0.639. The molecular weight excluding hydrogens is 284 g/mol. The minimum Gasteiger partial charge on any atom is -0.341 e. The van der Waals surface area contributed by atoms with E-state index >= 15 is 0 Å². The maximum absolute atomic E-state index is 12.4. The van der Waals surface area contributed by atoms with Crippen molar-refractivity contribution in [2.45, 2.75) is 32.4 Å². The normalized spacial score (nSPS) is 18.3. The molecule has 1 saturated heterocycles. The number of anilines is 1. The summed E-state index contributed by atoms with van der Waals surface area (Å²) in [5.74, 6) is 5.96. The number of hydrogen-bond acceptors (Lipinski definition) is 5. The third-order valence-electron chi connectivity index (χ3n) is 3.79. The van der Waals surface area contributed by atoms with E-state index in [4.69, 9.17) is 5.73 Å². The summed E-state index contributed by atoms with van der Waals surface area (Å²) in [6.45, 7) is 3.22. The van der Waals surface area contributed by atoms with Crippen LogP contribution in [0.1, 0.15) is 19.8 Å². The minimum atomic E-state index is -0.506. The highest BCUT2D eigenvalue weighted by molar-refractivity contribution is 5.72. The molecule has 0 spiro atoms. The molecule has 1 atom stereocenters. The second-order valence-electron chi connectivity index (χ2n) is 5.38. The fourth-order valence-corrected chi connectivity index (χ4v) is 2.66. The predicted octanol–water partition coefficient (Wildman–Crippen LogP) is -0.636. The molecule has 8 heteroatoms. The smallest absolute Gasteiger partial charge is 0.330 e. The van der Waals surface area contributed by atoms with Crippen LogP contribution < -0.4 is 21.9 Å². The Kier molecular flexibility index (Phi) is 3.73. The fraction of sp³-hybridized carbons (Fsp3) is 0.500. The zero-order valence-electron chi connectivity index (χ0n) is 12.3. The van der Waals surface area contributed by atoms with Gasteiger partial charge in [0.1, 0.15) is 0 Å². The zero-order valence-corrected chi connectivity index (χ0v) is 12.3. The van der Waals surface area contributed by atoms with Crippen molar-refractivity contribution < 1.29 is 0 Å². The average molecular weight is 302 g/mol. The Labute approximate surface area is 126 Å². The number of H-pyrrole nitrogens is 2. The number of aromatic nitrogens is 4. The first kappa shape index (κ1) is 14.4. The summed E-state index contributed by atoms with van der Waals surface area (Å²) in [5.41, 5.74) is 5.60. The third-order valence-corrected chi connectivity index (χ3v) is 3.79. The van der Waals surface area contributed by atoms with Crippen molar-refractivity contribution in [3.05, 3.63) is 20.8 Å². The molecule has 2 aromatic rings. The van der Waals surface area contributed by atoms with Gasteiger partial charge in [0.15, 0.2) is 11.2 Å². The van der Waals surface area contributed by atoms with E-state index in [1.807, 2.05) is 4.90 Å². The molecule has 0 aromatic carbocycles. The number of nitrogens with two attached hydrogens (primary N) is 1. The van der Waals surface area contributed by atoms with Crippen LogP contribution in [0.4, 0.5) is 5.95 Å². The van der Waals surface area contributed by atoms with E-state index in [2.05, 4.69) is 26.8 Å². The molecule has 0 unspecified atom stereocenters. The van der Waals surface area contributed by atoms with Gasteiger partial charge in [-0.15, -0.1) is 5.92 Å². The van der Waals surface area contributed by atoms with Gasteiger partial charge in [-0.25, -0.2) is 9.36 Å². The van der Waals surface area contributed by atoms with E-state index in [1.54, 1.807) is 6.92 Å². The SMILES string of the molecule is CC#CCn1c(=O)[nH]c2nc(N3CCC[C@@H](N)C3)[nH]c2c1=O. The van der Waals surface area contributed by atoms with Crippen molar-refractivity contribution >= 4 is 17.1 Å². The number of imidazole rings is 1. The summed E-state index contributed by atoms with van der Waals surface area (Å²) in [7, 11) is 0. The third kappa shape index (κ3) is 2.51. The molecule has 116 valence electrons. The summed E-state index contributed by atoms with van der Waals surface area (Å²) < 4.78 is 1.06. The Morgan fingerprint density at radius 3 is 2.95 bits per heavy atom. The van der Waals surface area contributed by atoms with E-state index in [9.17, 15) is 9.59 Å². The Hall–Kier alpha value is -2.53. The Morgan fingerprint density at radius 2 is 2.23 bits per heavy atom.